The molecule has 1 heterocycles. The van der Waals surface area contributed by atoms with E-state index in [1.807, 2.05) is 0 Å². The molecular formula is C19H12F3N3O2S. The van der Waals surface area contributed by atoms with E-state index < -0.39 is 23.0 Å². The van der Waals surface area contributed by atoms with Crippen molar-refractivity contribution in [2.24, 2.45) is 0 Å². The van der Waals surface area contributed by atoms with Crippen molar-refractivity contribution in [2.75, 3.05) is 6.26 Å². The van der Waals surface area contributed by atoms with Gasteiger partial charge in [0.1, 0.15) is 47.1 Å². The minimum absolute atomic E-state index is 0.0219. The Balaban J connectivity index is 2.06. The van der Waals surface area contributed by atoms with Gasteiger partial charge in [0.25, 0.3) is 5.56 Å². The van der Waals surface area contributed by atoms with E-state index in [0.29, 0.717) is 0 Å². The number of ether oxygens (including phenoxy) is 1. The molecule has 3 aromatic rings. The first-order chi connectivity index (χ1) is 13.4. The minimum Gasteiger partial charge on any atom is -0.488 e. The molecule has 0 saturated carbocycles. The van der Waals surface area contributed by atoms with Gasteiger partial charge in [-0.25, -0.2) is 18.2 Å². The molecule has 142 valence electrons. The van der Waals surface area contributed by atoms with Crippen molar-refractivity contribution < 1.29 is 17.9 Å². The molecule has 1 N–H and O–H groups in total. The summed E-state index contributed by atoms with van der Waals surface area (Å²) in [4.78, 5) is 18.8. The number of rotatable bonds is 5. The first-order valence-corrected chi connectivity index (χ1v) is 9.10. The van der Waals surface area contributed by atoms with Gasteiger partial charge in [0.05, 0.1) is 0 Å². The second-order valence-corrected chi connectivity index (χ2v) is 6.41. The van der Waals surface area contributed by atoms with Crippen LogP contribution in [0.5, 0.6) is 5.75 Å². The van der Waals surface area contributed by atoms with Gasteiger partial charge < -0.3 is 9.72 Å². The van der Waals surface area contributed by atoms with E-state index in [4.69, 9.17) is 4.74 Å². The summed E-state index contributed by atoms with van der Waals surface area (Å²) in [6, 6.07) is 8.17. The number of thioether (sulfide) groups is 1. The number of aromatic nitrogens is 2. The maximum atomic E-state index is 13.8. The minimum atomic E-state index is -0.772. The maximum Gasteiger partial charge on any atom is 0.270 e. The van der Waals surface area contributed by atoms with Gasteiger partial charge in [0, 0.05) is 17.7 Å². The van der Waals surface area contributed by atoms with E-state index in [9.17, 15) is 23.2 Å². The Bertz CT molecular complexity index is 1120. The van der Waals surface area contributed by atoms with Gasteiger partial charge in [-0.3, -0.25) is 4.79 Å². The van der Waals surface area contributed by atoms with Crippen LogP contribution in [0.2, 0.25) is 0 Å². The first-order valence-electron chi connectivity index (χ1n) is 7.87. The van der Waals surface area contributed by atoms with Crippen LogP contribution in [0.1, 0.15) is 11.1 Å². The summed E-state index contributed by atoms with van der Waals surface area (Å²) in [6.07, 6.45) is 1.69. The number of halogens is 3. The Kier molecular flexibility index (Phi) is 5.70. The lowest BCUT2D eigenvalue weighted by Gasteiger charge is -2.13. The van der Waals surface area contributed by atoms with Crippen LogP contribution in [0.3, 0.4) is 0 Å². The Morgan fingerprint density at radius 2 is 1.86 bits per heavy atom. The number of nitrogens with zero attached hydrogens (tertiary/aromatic N) is 2. The van der Waals surface area contributed by atoms with E-state index in [2.05, 4.69) is 9.97 Å². The summed E-state index contributed by atoms with van der Waals surface area (Å²) in [5.41, 5.74) is -0.477. The van der Waals surface area contributed by atoms with E-state index >= 15 is 0 Å². The molecule has 0 atom stereocenters. The third kappa shape index (κ3) is 4.18. The van der Waals surface area contributed by atoms with Crippen LogP contribution < -0.4 is 10.3 Å². The van der Waals surface area contributed by atoms with Crippen LogP contribution in [-0.2, 0) is 6.61 Å². The Morgan fingerprint density at radius 1 is 1.14 bits per heavy atom. The van der Waals surface area contributed by atoms with Crippen LogP contribution in [0.25, 0.3) is 11.3 Å². The molecule has 0 aliphatic carbocycles. The zero-order valence-electron chi connectivity index (χ0n) is 14.4. The van der Waals surface area contributed by atoms with Crippen molar-refractivity contribution >= 4 is 11.8 Å². The van der Waals surface area contributed by atoms with Crippen molar-refractivity contribution in [1.29, 1.82) is 5.26 Å². The molecule has 0 radical (unpaired) electrons. The Morgan fingerprint density at radius 3 is 2.50 bits per heavy atom. The van der Waals surface area contributed by atoms with Crippen LogP contribution in [0.4, 0.5) is 13.2 Å². The van der Waals surface area contributed by atoms with Gasteiger partial charge in [0.15, 0.2) is 5.16 Å². The van der Waals surface area contributed by atoms with Gasteiger partial charge in [-0.05, 0) is 36.1 Å². The topological polar surface area (TPSA) is 78.8 Å². The number of H-pyrrole nitrogens is 1. The van der Waals surface area contributed by atoms with Crippen molar-refractivity contribution in [3.63, 3.8) is 0 Å². The van der Waals surface area contributed by atoms with Gasteiger partial charge >= 0.3 is 0 Å². The molecule has 0 fully saturated rings. The molecule has 28 heavy (non-hydrogen) atoms. The molecule has 9 heteroatoms. The SMILES string of the molecule is CSc1nc(-c2ccc(F)cc2OCc2cc(F)cc(F)c2)c(C#N)c(=O)[nH]1. The fourth-order valence-electron chi connectivity index (χ4n) is 2.51. The number of benzene rings is 2. The Hall–Kier alpha value is -3.25. The molecule has 3 rings (SSSR count). The molecule has 1 aromatic heterocycles. The molecule has 0 unspecified atom stereocenters. The largest absolute Gasteiger partial charge is 0.488 e. The zero-order chi connectivity index (χ0) is 20.3. The summed E-state index contributed by atoms with van der Waals surface area (Å²) in [5, 5.41) is 9.59. The summed E-state index contributed by atoms with van der Waals surface area (Å²) in [5.74, 6) is -2.19. The predicted molar refractivity (Wildman–Crippen MR) is 97.4 cm³/mol. The van der Waals surface area contributed by atoms with Gasteiger partial charge in [-0.2, -0.15) is 5.26 Å². The lowest BCUT2D eigenvalue weighted by molar-refractivity contribution is 0.304. The van der Waals surface area contributed by atoms with Crippen LogP contribution >= 0.6 is 11.8 Å². The van der Waals surface area contributed by atoms with Gasteiger partial charge in [0.2, 0.25) is 0 Å². The highest BCUT2D eigenvalue weighted by Gasteiger charge is 2.18. The molecule has 0 aliphatic rings. The fraction of sp³-hybridized carbons (Fsp3) is 0.105. The average molecular weight is 403 g/mol. The summed E-state index contributed by atoms with van der Waals surface area (Å²) >= 11 is 1.16. The number of hydrogen-bond acceptors (Lipinski definition) is 5. The quantitative estimate of drug-likeness (QED) is 0.514. The monoisotopic (exact) mass is 403 g/mol. The summed E-state index contributed by atoms with van der Waals surface area (Å²) in [7, 11) is 0. The first kappa shape index (κ1) is 19.5. The second kappa shape index (κ2) is 8.19. The van der Waals surface area contributed by atoms with E-state index in [1.165, 1.54) is 6.07 Å². The molecule has 0 spiro atoms. The van der Waals surface area contributed by atoms with E-state index in [1.54, 1.807) is 12.3 Å². The van der Waals surface area contributed by atoms with Crippen LogP contribution in [0, 0.1) is 28.8 Å². The normalized spacial score (nSPS) is 10.5. The highest BCUT2D eigenvalue weighted by Crippen LogP contribution is 2.32. The zero-order valence-corrected chi connectivity index (χ0v) is 15.2. The average Bonchev–Trinajstić information content (AvgIpc) is 2.65. The van der Waals surface area contributed by atoms with E-state index in [-0.39, 0.29) is 39.9 Å². The van der Waals surface area contributed by atoms with Crippen molar-refractivity contribution in [3.05, 3.63) is 75.3 Å². The molecule has 2 aromatic carbocycles. The third-order valence-corrected chi connectivity index (χ3v) is 4.30. The van der Waals surface area contributed by atoms with E-state index in [0.717, 1.165) is 42.1 Å². The van der Waals surface area contributed by atoms with Gasteiger partial charge in [-0.15, -0.1) is 0 Å². The lowest BCUT2D eigenvalue weighted by atomic mass is 10.1. The fourth-order valence-corrected chi connectivity index (χ4v) is 2.89. The molecular weight excluding hydrogens is 391 g/mol. The number of nitriles is 1. The molecule has 0 aliphatic heterocycles. The standard InChI is InChI=1S/C19H12F3N3O2S/c1-28-19-24-17(15(8-23)18(26)25-19)14-3-2-11(20)7-16(14)27-9-10-4-12(21)6-13(22)5-10/h2-7H,9H2,1H3,(H,24,25,26). The van der Waals surface area contributed by atoms with Crippen LogP contribution in [-0.4, -0.2) is 16.2 Å². The summed E-state index contributed by atoms with van der Waals surface area (Å²) < 4.78 is 46.0. The smallest absolute Gasteiger partial charge is 0.270 e. The molecule has 5 nitrogen and oxygen atoms in total. The predicted octanol–water partition coefficient (Wildman–Crippen LogP) is 4.03. The van der Waals surface area contributed by atoms with Crippen LogP contribution in [0.15, 0.2) is 46.3 Å². The third-order valence-electron chi connectivity index (χ3n) is 3.72. The lowest BCUT2D eigenvalue weighted by Crippen LogP contribution is -2.15. The van der Waals surface area contributed by atoms with Crippen molar-refractivity contribution in [1.82, 2.24) is 9.97 Å². The molecule has 0 amide bonds. The van der Waals surface area contributed by atoms with Crippen molar-refractivity contribution in [3.8, 4) is 23.1 Å². The highest BCUT2D eigenvalue weighted by atomic mass is 32.2. The molecule has 0 saturated heterocycles. The van der Waals surface area contributed by atoms with Gasteiger partial charge in [-0.1, -0.05) is 11.8 Å². The maximum absolute atomic E-state index is 13.8. The Labute approximate surface area is 161 Å². The number of nitrogens with one attached hydrogen (secondary N) is 1. The highest BCUT2D eigenvalue weighted by molar-refractivity contribution is 7.98. The number of hydrogen-bond donors (Lipinski definition) is 1. The summed E-state index contributed by atoms with van der Waals surface area (Å²) in [6.45, 7) is -0.258. The molecule has 0 bridgehead atoms. The second-order valence-electron chi connectivity index (χ2n) is 5.62. The van der Waals surface area contributed by atoms with Crippen molar-refractivity contribution in [2.45, 2.75) is 11.8 Å². The number of aromatic amines is 1.